The molecule has 3 heterocycles. The highest BCUT2D eigenvalue weighted by molar-refractivity contribution is 5.95. The minimum atomic E-state index is -0.881. The van der Waals surface area contributed by atoms with Gasteiger partial charge in [-0.15, -0.1) is 5.10 Å². The minimum Gasteiger partial charge on any atom is -0.366 e. The van der Waals surface area contributed by atoms with Crippen molar-refractivity contribution in [2.24, 2.45) is 5.73 Å². The van der Waals surface area contributed by atoms with Gasteiger partial charge in [0.15, 0.2) is 5.82 Å². The normalized spacial score (nSPS) is 15.7. The number of aromatic nitrogens is 4. The molecule has 1 atom stereocenters. The van der Waals surface area contributed by atoms with E-state index in [-0.39, 0.29) is 11.3 Å². The van der Waals surface area contributed by atoms with Gasteiger partial charge in [0.25, 0.3) is 5.69 Å². The maximum atomic E-state index is 12.2. The van der Waals surface area contributed by atoms with Gasteiger partial charge in [0, 0.05) is 29.7 Å². The molecule has 0 radical (unpaired) electrons. The molecule has 0 bridgehead atoms. The first-order chi connectivity index (χ1) is 13.5. The number of nitro benzene ring substituents is 1. The lowest BCUT2D eigenvalue weighted by molar-refractivity contribution is -0.385. The molecule has 1 amide bonds. The number of hydrogen-bond acceptors (Lipinski definition) is 7. The van der Waals surface area contributed by atoms with Crippen molar-refractivity contribution in [1.82, 2.24) is 19.7 Å². The van der Waals surface area contributed by atoms with E-state index in [1.165, 1.54) is 10.7 Å². The van der Waals surface area contributed by atoms with Gasteiger partial charge in [0.05, 0.1) is 16.1 Å². The Morgan fingerprint density at radius 2 is 2.07 bits per heavy atom. The lowest BCUT2D eigenvalue weighted by Crippen LogP contribution is -2.32. The highest BCUT2D eigenvalue weighted by Crippen LogP contribution is 2.39. The van der Waals surface area contributed by atoms with Crippen molar-refractivity contribution in [3.63, 3.8) is 0 Å². The van der Waals surface area contributed by atoms with Gasteiger partial charge >= 0.3 is 0 Å². The fraction of sp³-hybridized carbons (Fsp3) is 0.111. The number of allylic oxidation sites excluding steroid dienone is 1. The van der Waals surface area contributed by atoms with E-state index in [9.17, 15) is 14.9 Å². The Morgan fingerprint density at radius 3 is 2.75 bits per heavy atom. The number of nitrogens with one attached hydrogen (secondary N) is 1. The van der Waals surface area contributed by atoms with Crippen LogP contribution in [-0.2, 0) is 4.79 Å². The highest BCUT2D eigenvalue weighted by atomic mass is 16.6. The van der Waals surface area contributed by atoms with E-state index < -0.39 is 16.9 Å². The number of benzene rings is 1. The molecule has 1 unspecified atom stereocenters. The molecule has 3 aromatic rings. The molecule has 3 N–H and O–H groups in total. The van der Waals surface area contributed by atoms with Crippen molar-refractivity contribution in [2.45, 2.75) is 13.0 Å². The molecule has 140 valence electrons. The number of pyridine rings is 1. The summed E-state index contributed by atoms with van der Waals surface area (Å²) in [6.07, 6.45) is 3.24. The number of para-hydroxylation sites is 1. The summed E-state index contributed by atoms with van der Waals surface area (Å²) in [5.41, 5.74) is 7.09. The van der Waals surface area contributed by atoms with Crippen LogP contribution in [0.1, 0.15) is 18.5 Å². The molecule has 1 aliphatic rings. The van der Waals surface area contributed by atoms with Crippen LogP contribution in [0.3, 0.4) is 0 Å². The molecule has 1 aliphatic heterocycles. The summed E-state index contributed by atoms with van der Waals surface area (Å²) in [5.74, 6) is 0.0273. The van der Waals surface area contributed by atoms with E-state index in [2.05, 4.69) is 20.4 Å². The zero-order chi connectivity index (χ0) is 19.8. The number of carbonyl (C=O) groups excluding carboxylic acids is 1. The summed E-state index contributed by atoms with van der Waals surface area (Å²) in [6, 6.07) is 8.85. The number of nitrogens with zero attached hydrogens (tertiary/aromatic N) is 5. The highest BCUT2D eigenvalue weighted by Gasteiger charge is 2.36. The van der Waals surface area contributed by atoms with Crippen molar-refractivity contribution in [1.29, 1.82) is 0 Å². The van der Waals surface area contributed by atoms with Gasteiger partial charge in [-0.05, 0) is 25.1 Å². The Labute approximate surface area is 158 Å². The number of amides is 1. The number of carbonyl (C=O) groups is 1. The smallest absolute Gasteiger partial charge is 0.275 e. The zero-order valence-corrected chi connectivity index (χ0v) is 14.7. The summed E-state index contributed by atoms with van der Waals surface area (Å²) in [5, 5.41) is 19.1. The lowest BCUT2D eigenvalue weighted by atomic mass is 9.94. The fourth-order valence-corrected chi connectivity index (χ4v) is 3.26. The minimum absolute atomic E-state index is 0.134. The third-order valence-corrected chi connectivity index (χ3v) is 4.47. The Hall–Kier alpha value is -4.08. The zero-order valence-electron chi connectivity index (χ0n) is 14.7. The maximum absolute atomic E-state index is 12.2. The van der Waals surface area contributed by atoms with E-state index in [1.54, 1.807) is 49.6 Å². The Balaban J connectivity index is 1.95. The molecule has 0 fully saturated rings. The largest absolute Gasteiger partial charge is 0.366 e. The quantitative estimate of drug-likeness (QED) is 0.523. The second-order valence-electron chi connectivity index (χ2n) is 6.19. The molecule has 0 spiro atoms. The molecule has 0 aliphatic carbocycles. The molecular weight excluding hydrogens is 362 g/mol. The van der Waals surface area contributed by atoms with Gasteiger partial charge in [-0.25, -0.2) is 4.68 Å². The predicted molar refractivity (Wildman–Crippen MR) is 100 cm³/mol. The summed E-state index contributed by atoms with van der Waals surface area (Å²) in [6.45, 7) is 1.67. The van der Waals surface area contributed by atoms with Crippen LogP contribution >= 0.6 is 0 Å². The first-order valence-electron chi connectivity index (χ1n) is 8.35. The number of primary amides is 1. The van der Waals surface area contributed by atoms with Crippen LogP contribution in [0.4, 0.5) is 11.6 Å². The topological polar surface area (TPSA) is 142 Å². The second kappa shape index (κ2) is 6.58. The first-order valence-corrected chi connectivity index (χ1v) is 8.35. The van der Waals surface area contributed by atoms with Crippen molar-refractivity contribution in [3.8, 4) is 11.4 Å². The number of hydrogen-bond donors (Lipinski definition) is 2. The molecule has 10 heteroatoms. The third kappa shape index (κ3) is 2.76. The molecule has 1 aromatic carbocycles. The molecular formula is C18H15N7O3. The van der Waals surface area contributed by atoms with Gasteiger partial charge in [0.2, 0.25) is 11.9 Å². The first kappa shape index (κ1) is 17.3. The van der Waals surface area contributed by atoms with Crippen molar-refractivity contribution < 1.29 is 9.72 Å². The number of rotatable bonds is 4. The molecule has 0 saturated carbocycles. The Kier molecular flexibility index (Phi) is 4.07. The number of nitro groups is 1. The monoisotopic (exact) mass is 377 g/mol. The van der Waals surface area contributed by atoms with Gasteiger partial charge in [-0.1, -0.05) is 12.1 Å². The van der Waals surface area contributed by atoms with E-state index in [1.807, 2.05) is 0 Å². The number of anilines is 1. The van der Waals surface area contributed by atoms with E-state index in [0.717, 1.165) is 0 Å². The molecule has 2 aromatic heterocycles. The molecule has 0 saturated heterocycles. The van der Waals surface area contributed by atoms with Crippen LogP contribution < -0.4 is 11.1 Å². The number of nitrogens with two attached hydrogens (primary N) is 1. The van der Waals surface area contributed by atoms with Crippen molar-refractivity contribution >= 4 is 17.5 Å². The average molecular weight is 377 g/mol. The molecule has 10 nitrogen and oxygen atoms in total. The van der Waals surface area contributed by atoms with Crippen LogP contribution in [0.5, 0.6) is 0 Å². The summed E-state index contributed by atoms with van der Waals surface area (Å²) < 4.78 is 1.44. The third-order valence-electron chi connectivity index (χ3n) is 4.47. The maximum Gasteiger partial charge on any atom is 0.275 e. The van der Waals surface area contributed by atoms with Gasteiger partial charge < -0.3 is 11.1 Å². The summed E-state index contributed by atoms with van der Waals surface area (Å²) in [7, 11) is 0. The Bertz CT molecular complexity index is 1120. The Morgan fingerprint density at radius 1 is 1.29 bits per heavy atom. The van der Waals surface area contributed by atoms with Crippen LogP contribution in [0.15, 0.2) is 60.1 Å². The van der Waals surface area contributed by atoms with Crippen molar-refractivity contribution in [3.05, 3.63) is 75.7 Å². The van der Waals surface area contributed by atoms with Crippen LogP contribution in [0.25, 0.3) is 11.4 Å². The van der Waals surface area contributed by atoms with Gasteiger partial charge in [-0.2, -0.15) is 4.98 Å². The average Bonchev–Trinajstić information content (AvgIpc) is 3.11. The SMILES string of the molecule is CC1=C(C(N)=O)C(c2ccccc2[N+](=O)[O-])n2nc(-c3cccnc3)nc2N1. The van der Waals surface area contributed by atoms with Crippen LogP contribution in [-0.4, -0.2) is 30.6 Å². The molecule has 4 rings (SSSR count). The summed E-state index contributed by atoms with van der Waals surface area (Å²) in [4.78, 5) is 31.8. The van der Waals surface area contributed by atoms with Crippen LogP contribution in [0.2, 0.25) is 0 Å². The van der Waals surface area contributed by atoms with Gasteiger partial charge in [0.1, 0.15) is 6.04 Å². The van der Waals surface area contributed by atoms with Crippen LogP contribution in [0, 0.1) is 10.1 Å². The number of fused-ring (bicyclic) bond motifs is 1. The predicted octanol–water partition coefficient (Wildman–Crippen LogP) is 2.02. The standard InChI is InChI=1S/C18H15N7O3/c1-10-14(16(19)26)15(12-6-2-3-7-13(12)25(27)28)24-18(21-10)22-17(23-24)11-5-4-8-20-9-11/h2-9,15H,1H3,(H2,19,26)(H,21,22,23). The van der Waals surface area contributed by atoms with E-state index in [4.69, 9.17) is 5.73 Å². The van der Waals surface area contributed by atoms with Gasteiger partial charge in [-0.3, -0.25) is 19.9 Å². The molecule has 28 heavy (non-hydrogen) atoms. The lowest BCUT2D eigenvalue weighted by Gasteiger charge is -2.27. The van der Waals surface area contributed by atoms with Crippen molar-refractivity contribution in [2.75, 3.05) is 5.32 Å². The fourth-order valence-electron chi connectivity index (χ4n) is 3.26. The van der Waals surface area contributed by atoms with E-state index in [0.29, 0.717) is 28.6 Å². The second-order valence-corrected chi connectivity index (χ2v) is 6.19. The summed E-state index contributed by atoms with van der Waals surface area (Å²) >= 11 is 0. The van der Waals surface area contributed by atoms with E-state index >= 15 is 0 Å².